The summed E-state index contributed by atoms with van der Waals surface area (Å²) < 4.78 is 0. The van der Waals surface area contributed by atoms with Crippen LogP contribution < -0.4 is 4.90 Å². The second-order valence-corrected chi connectivity index (χ2v) is 4.35. The minimum Gasteiger partial charge on any atom is -0.480 e. The molecule has 7 heteroatoms. The van der Waals surface area contributed by atoms with E-state index in [1.807, 2.05) is 13.8 Å². The summed E-state index contributed by atoms with van der Waals surface area (Å²) in [4.78, 5) is 22.8. The topological polar surface area (TPSA) is 107 Å². The summed E-state index contributed by atoms with van der Waals surface area (Å²) in [7, 11) is 0. The van der Waals surface area contributed by atoms with Crippen molar-refractivity contribution in [3.8, 4) is 6.07 Å². The fourth-order valence-electron chi connectivity index (χ4n) is 1.81. The summed E-state index contributed by atoms with van der Waals surface area (Å²) in [6.07, 6.45) is 0.696. The maximum atomic E-state index is 10.9. The molecule has 1 aromatic rings. The van der Waals surface area contributed by atoms with Gasteiger partial charge >= 0.3 is 5.97 Å². The third-order valence-electron chi connectivity index (χ3n) is 3.06. The van der Waals surface area contributed by atoms with Gasteiger partial charge in [-0.15, -0.1) is 0 Å². The number of hydrogen-bond donors (Lipinski definition) is 1. The molecule has 0 fully saturated rings. The summed E-state index contributed by atoms with van der Waals surface area (Å²) in [5.41, 5.74) is 0.0642. The molecule has 0 spiro atoms. The largest absolute Gasteiger partial charge is 0.480 e. The number of nitriles is 1. The zero-order valence-electron chi connectivity index (χ0n) is 11.2. The van der Waals surface area contributed by atoms with E-state index in [0.29, 0.717) is 12.1 Å². The molecule has 0 saturated carbocycles. The van der Waals surface area contributed by atoms with E-state index in [9.17, 15) is 14.9 Å². The van der Waals surface area contributed by atoms with E-state index in [4.69, 9.17) is 10.4 Å². The molecule has 0 aliphatic rings. The molecular formula is C13H15N3O4. The second-order valence-electron chi connectivity index (χ2n) is 4.35. The number of carbonyl (C=O) groups is 1. The average Bonchev–Trinajstić information content (AvgIpc) is 2.42. The van der Waals surface area contributed by atoms with E-state index in [0.717, 1.165) is 0 Å². The van der Waals surface area contributed by atoms with Crippen LogP contribution in [0.5, 0.6) is 0 Å². The quantitative estimate of drug-likeness (QED) is 0.630. The van der Waals surface area contributed by atoms with Gasteiger partial charge in [0.05, 0.1) is 4.92 Å². The third kappa shape index (κ3) is 3.45. The van der Waals surface area contributed by atoms with Crippen LogP contribution in [0.1, 0.15) is 25.8 Å². The number of nitro benzene ring substituents is 1. The average molecular weight is 277 g/mol. The minimum atomic E-state index is -1.02. The second kappa shape index (κ2) is 6.52. The van der Waals surface area contributed by atoms with Crippen LogP contribution >= 0.6 is 0 Å². The Hall–Kier alpha value is -2.62. The number of anilines is 1. The van der Waals surface area contributed by atoms with E-state index >= 15 is 0 Å². The maximum Gasteiger partial charge on any atom is 0.323 e. The minimum absolute atomic E-state index is 0.0434. The molecule has 0 saturated heterocycles. The monoisotopic (exact) mass is 277 g/mol. The fourth-order valence-corrected chi connectivity index (χ4v) is 1.81. The van der Waals surface area contributed by atoms with Crippen molar-refractivity contribution in [2.45, 2.75) is 26.3 Å². The molecule has 0 heterocycles. The van der Waals surface area contributed by atoms with Crippen LogP contribution in [-0.4, -0.2) is 28.6 Å². The molecule has 1 aromatic carbocycles. The van der Waals surface area contributed by atoms with Crippen molar-refractivity contribution in [2.24, 2.45) is 0 Å². The molecule has 7 nitrogen and oxygen atoms in total. The zero-order valence-corrected chi connectivity index (χ0v) is 11.2. The molecule has 1 N–H and O–H groups in total. The van der Waals surface area contributed by atoms with Crippen LogP contribution in [0, 0.1) is 21.4 Å². The van der Waals surface area contributed by atoms with Gasteiger partial charge in [0.15, 0.2) is 0 Å². The molecule has 0 bridgehead atoms. The summed E-state index contributed by atoms with van der Waals surface area (Å²) in [6, 6.07) is 5.78. The molecule has 0 aromatic heterocycles. The van der Waals surface area contributed by atoms with Crippen LogP contribution in [0.25, 0.3) is 0 Å². The van der Waals surface area contributed by atoms with Gasteiger partial charge in [0.25, 0.3) is 5.69 Å². The maximum absolute atomic E-state index is 10.9. The molecule has 1 unspecified atom stereocenters. The lowest BCUT2D eigenvalue weighted by Gasteiger charge is -2.29. The Morgan fingerprint density at radius 3 is 2.70 bits per heavy atom. The van der Waals surface area contributed by atoms with Crippen LogP contribution in [-0.2, 0) is 4.79 Å². The first-order valence-electron chi connectivity index (χ1n) is 6.07. The van der Waals surface area contributed by atoms with Crippen molar-refractivity contribution < 1.29 is 14.8 Å². The van der Waals surface area contributed by atoms with Gasteiger partial charge < -0.3 is 10.0 Å². The van der Waals surface area contributed by atoms with Crippen LogP contribution in [0.2, 0.25) is 0 Å². The Labute approximate surface area is 116 Å². The molecule has 0 aliphatic heterocycles. The van der Waals surface area contributed by atoms with Crippen LogP contribution in [0.3, 0.4) is 0 Å². The SMILES string of the molecule is CCC(C)N(CC(=O)O)c1ccc(C#N)c([N+](=O)[O-])c1. The summed E-state index contributed by atoms with van der Waals surface area (Å²) in [5, 5.41) is 28.7. The van der Waals surface area contributed by atoms with Gasteiger partial charge in [-0.05, 0) is 25.5 Å². The highest BCUT2D eigenvalue weighted by molar-refractivity contribution is 5.74. The first-order chi connectivity index (χ1) is 9.40. The van der Waals surface area contributed by atoms with Gasteiger partial charge in [0, 0.05) is 17.8 Å². The molecule has 1 atom stereocenters. The highest BCUT2D eigenvalue weighted by Gasteiger charge is 2.21. The van der Waals surface area contributed by atoms with Gasteiger partial charge in [-0.3, -0.25) is 14.9 Å². The van der Waals surface area contributed by atoms with Gasteiger partial charge in [0.2, 0.25) is 0 Å². The van der Waals surface area contributed by atoms with Crippen LogP contribution in [0.15, 0.2) is 18.2 Å². The zero-order chi connectivity index (χ0) is 15.3. The van der Waals surface area contributed by atoms with Gasteiger partial charge in [-0.25, -0.2) is 0 Å². The van der Waals surface area contributed by atoms with Gasteiger partial charge in [0.1, 0.15) is 18.2 Å². The third-order valence-corrected chi connectivity index (χ3v) is 3.06. The number of benzene rings is 1. The van der Waals surface area contributed by atoms with Crippen LogP contribution in [0.4, 0.5) is 11.4 Å². The number of rotatable bonds is 6. The number of nitro groups is 1. The summed E-state index contributed by atoms with van der Waals surface area (Å²) in [5.74, 6) is -1.02. The predicted octanol–water partition coefficient (Wildman–Crippen LogP) is 2.16. The smallest absolute Gasteiger partial charge is 0.323 e. The molecule has 106 valence electrons. The number of hydrogen-bond acceptors (Lipinski definition) is 5. The van der Waals surface area contributed by atoms with Gasteiger partial charge in [-0.1, -0.05) is 6.92 Å². The number of carboxylic acids is 1. The van der Waals surface area contributed by atoms with Crippen molar-refractivity contribution in [1.29, 1.82) is 5.26 Å². The number of carboxylic acid groups (broad SMARTS) is 1. The lowest BCUT2D eigenvalue weighted by atomic mass is 10.1. The van der Waals surface area contributed by atoms with E-state index in [-0.39, 0.29) is 23.8 Å². The highest BCUT2D eigenvalue weighted by Crippen LogP contribution is 2.26. The Morgan fingerprint density at radius 1 is 1.60 bits per heavy atom. The molecule has 20 heavy (non-hydrogen) atoms. The fraction of sp³-hybridized carbons (Fsp3) is 0.385. The highest BCUT2D eigenvalue weighted by atomic mass is 16.6. The molecule has 0 radical (unpaired) electrons. The lowest BCUT2D eigenvalue weighted by Crippen LogP contribution is -2.37. The Balaban J connectivity index is 3.27. The first-order valence-corrected chi connectivity index (χ1v) is 6.07. The standard InChI is InChI=1S/C13H15N3O4/c1-3-9(2)15(8-13(17)18)11-5-4-10(7-14)12(6-11)16(19)20/h4-6,9H,3,8H2,1-2H3,(H,17,18). The van der Waals surface area contributed by atoms with Crippen molar-refractivity contribution in [2.75, 3.05) is 11.4 Å². The normalized spacial score (nSPS) is 11.4. The predicted molar refractivity (Wildman–Crippen MR) is 72.5 cm³/mol. The molecule has 1 rings (SSSR count). The molecular weight excluding hydrogens is 262 g/mol. The number of nitrogens with zero attached hydrogens (tertiary/aromatic N) is 3. The van der Waals surface area contributed by atoms with E-state index in [1.165, 1.54) is 18.2 Å². The Kier molecular flexibility index (Phi) is 5.03. The Morgan fingerprint density at radius 2 is 2.25 bits per heavy atom. The van der Waals surface area contributed by atoms with Crippen molar-refractivity contribution in [3.63, 3.8) is 0 Å². The summed E-state index contributed by atoms with van der Waals surface area (Å²) >= 11 is 0. The van der Waals surface area contributed by atoms with Crippen molar-refractivity contribution >= 4 is 17.3 Å². The summed E-state index contributed by atoms with van der Waals surface area (Å²) in [6.45, 7) is 3.49. The molecule has 0 aliphatic carbocycles. The van der Waals surface area contributed by atoms with E-state index in [2.05, 4.69) is 0 Å². The first kappa shape index (κ1) is 15.4. The lowest BCUT2D eigenvalue weighted by molar-refractivity contribution is -0.385. The van der Waals surface area contributed by atoms with Crippen molar-refractivity contribution in [3.05, 3.63) is 33.9 Å². The van der Waals surface area contributed by atoms with E-state index < -0.39 is 10.9 Å². The van der Waals surface area contributed by atoms with Crippen molar-refractivity contribution in [1.82, 2.24) is 0 Å². The Bertz CT molecular complexity index is 565. The van der Waals surface area contributed by atoms with Gasteiger partial charge in [-0.2, -0.15) is 5.26 Å². The number of aliphatic carboxylic acids is 1. The molecule has 0 amide bonds. The van der Waals surface area contributed by atoms with E-state index in [1.54, 1.807) is 11.0 Å².